The predicted octanol–water partition coefficient (Wildman–Crippen LogP) is -1.04. The molecule has 0 radical (unpaired) electrons. The maximum absolute atomic E-state index is 12.2. The largest absolute Gasteiger partial charge is 0.480 e. The van der Waals surface area contributed by atoms with Crippen LogP contribution in [0.4, 0.5) is 0 Å². The molecule has 0 saturated heterocycles. The predicted molar refractivity (Wildman–Crippen MR) is 103 cm³/mol. The lowest BCUT2D eigenvalue weighted by Crippen LogP contribution is -2.57. The van der Waals surface area contributed by atoms with Gasteiger partial charge in [-0.15, -0.1) is 0 Å². The fourth-order valence-electron chi connectivity index (χ4n) is 2.46. The Balaban J connectivity index is 4.81. The minimum absolute atomic E-state index is 0.0221. The summed E-state index contributed by atoms with van der Waals surface area (Å²) < 4.78 is 0. The number of carbonyl (C=O) groups is 4. The number of hydrogen-bond acceptors (Lipinski definition) is 6. The Morgan fingerprint density at radius 3 is 1.71 bits per heavy atom. The number of aliphatic hydroxyl groups is 1. The van der Waals surface area contributed by atoms with E-state index in [9.17, 15) is 29.4 Å². The summed E-state index contributed by atoms with van der Waals surface area (Å²) in [4.78, 5) is 47.7. The van der Waals surface area contributed by atoms with Gasteiger partial charge in [-0.2, -0.15) is 0 Å². The molecule has 10 heteroatoms. The molecule has 0 fully saturated rings. The van der Waals surface area contributed by atoms with Crippen LogP contribution in [0.5, 0.6) is 0 Å². The van der Waals surface area contributed by atoms with Crippen LogP contribution in [0.1, 0.15) is 47.5 Å². The average molecular weight is 402 g/mol. The zero-order valence-corrected chi connectivity index (χ0v) is 17.2. The Morgan fingerprint density at radius 1 is 0.786 bits per heavy atom. The highest BCUT2D eigenvalue weighted by molar-refractivity contribution is 5.93. The first kappa shape index (κ1) is 25.8. The topological polar surface area (TPSA) is 171 Å². The van der Waals surface area contributed by atoms with E-state index in [1.54, 1.807) is 0 Å². The third-order valence-electron chi connectivity index (χ3n) is 3.95. The van der Waals surface area contributed by atoms with Gasteiger partial charge in [0, 0.05) is 0 Å². The van der Waals surface area contributed by atoms with E-state index in [2.05, 4.69) is 16.0 Å². The first-order valence-corrected chi connectivity index (χ1v) is 9.39. The molecule has 162 valence electrons. The number of nitrogens with two attached hydrogens (primary N) is 1. The van der Waals surface area contributed by atoms with Gasteiger partial charge in [-0.05, 0) is 31.6 Å². The van der Waals surface area contributed by atoms with Gasteiger partial charge >= 0.3 is 5.97 Å². The van der Waals surface area contributed by atoms with E-state index in [1.807, 2.05) is 27.7 Å². The molecular formula is C18H34N4O6. The van der Waals surface area contributed by atoms with Crippen LogP contribution in [-0.4, -0.2) is 64.7 Å². The number of nitrogens with one attached hydrogen (secondary N) is 3. The smallest absolute Gasteiger partial charge is 0.326 e. The van der Waals surface area contributed by atoms with Crippen molar-refractivity contribution in [3.8, 4) is 0 Å². The van der Waals surface area contributed by atoms with Gasteiger partial charge in [0.15, 0.2) is 0 Å². The second-order valence-corrected chi connectivity index (χ2v) is 7.74. The fraction of sp³-hybridized carbons (Fsp3) is 0.778. The Bertz CT molecular complexity index is 552. The van der Waals surface area contributed by atoms with Crippen molar-refractivity contribution in [3.05, 3.63) is 0 Å². The van der Waals surface area contributed by atoms with E-state index >= 15 is 0 Å². The summed E-state index contributed by atoms with van der Waals surface area (Å²) in [5.74, 6) is -2.99. The molecule has 0 aromatic heterocycles. The van der Waals surface area contributed by atoms with Crippen LogP contribution in [0.25, 0.3) is 0 Å². The molecule has 3 amide bonds. The SMILES string of the molecule is CC(C)C[C@H](NC(=O)[C@H](CO)NC(=O)[C@H](C)NC(=O)[C@@H](N)CC(C)C)C(=O)O. The van der Waals surface area contributed by atoms with Gasteiger partial charge in [-0.1, -0.05) is 27.7 Å². The Labute approximate surface area is 165 Å². The van der Waals surface area contributed by atoms with Gasteiger partial charge in [0.1, 0.15) is 18.1 Å². The monoisotopic (exact) mass is 402 g/mol. The maximum Gasteiger partial charge on any atom is 0.326 e. The van der Waals surface area contributed by atoms with Gasteiger partial charge in [-0.3, -0.25) is 14.4 Å². The number of carboxylic acids is 1. The van der Waals surface area contributed by atoms with Gasteiger partial charge < -0.3 is 31.9 Å². The average Bonchev–Trinajstić information content (AvgIpc) is 2.57. The molecule has 0 unspecified atom stereocenters. The molecule has 0 aromatic carbocycles. The van der Waals surface area contributed by atoms with Crippen LogP contribution in [0, 0.1) is 11.8 Å². The molecule has 0 bridgehead atoms. The van der Waals surface area contributed by atoms with Gasteiger partial charge in [0.2, 0.25) is 17.7 Å². The lowest BCUT2D eigenvalue weighted by molar-refractivity contribution is -0.143. The molecule has 28 heavy (non-hydrogen) atoms. The lowest BCUT2D eigenvalue weighted by Gasteiger charge is -2.23. The second kappa shape index (κ2) is 12.3. The Hall–Kier alpha value is -2.20. The highest BCUT2D eigenvalue weighted by Gasteiger charge is 2.28. The van der Waals surface area contributed by atoms with Crippen molar-refractivity contribution in [3.63, 3.8) is 0 Å². The molecule has 0 aliphatic heterocycles. The second-order valence-electron chi connectivity index (χ2n) is 7.74. The highest BCUT2D eigenvalue weighted by atomic mass is 16.4. The van der Waals surface area contributed by atoms with Crippen LogP contribution in [-0.2, 0) is 19.2 Å². The lowest BCUT2D eigenvalue weighted by atomic mass is 10.0. The minimum Gasteiger partial charge on any atom is -0.480 e. The molecule has 0 aliphatic carbocycles. The van der Waals surface area contributed by atoms with Crippen molar-refractivity contribution in [2.45, 2.75) is 71.6 Å². The quantitative estimate of drug-likeness (QED) is 0.242. The van der Waals surface area contributed by atoms with E-state index < -0.39 is 54.5 Å². The van der Waals surface area contributed by atoms with E-state index in [4.69, 9.17) is 5.73 Å². The summed E-state index contributed by atoms with van der Waals surface area (Å²) >= 11 is 0. The van der Waals surface area contributed by atoms with Crippen molar-refractivity contribution in [1.29, 1.82) is 0 Å². The summed E-state index contributed by atoms with van der Waals surface area (Å²) in [7, 11) is 0. The van der Waals surface area contributed by atoms with E-state index in [0.717, 1.165) is 0 Å². The molecule has 0 rings (SSSR count). The van der Waals surface area contributed by atoms with Crippen LogP contribution in [0.15, 0.2) is 0 Å². The van der Waals surface area contributed by atoms with E-state index in [-0.39, 0.29) is 18.3 Å². The minimum atomic E-state index is -1.34. The van der Waals surface area contributed by atoms with Crippen molar-refractivity contribution in [1.82, 2.24) is 16.0 Å². The Morgan fingerprint density at radius 2 is 1.29 bits per heavy atom. The number of carbonyl (C=O) groups excluding carboxylic acids is 3. The standard InChI is InChI=1S/C18H34N4O6/c1-9(2)6-12(19)16(25)20-11(5)15(24)22-14(8-23)17(26)21-13(18(27)28)7-10(3)4/h9-14,23H,6-8,19H2,1-5H3,(H,20,25)(H,21,26)(H,22,24)(H,27,28)/t11-,12-,13-,14-/m0/s1. The zero-order chi connectivity index (χ0) is 22.0. The van der Waals surface area contributed by atoms with Crippen LogP contribution < -0.4 is 21.7 Å². The molecule has 0 heterocycles. The number of carboxylic acid groups (broad SMARTS) is 1. The third kappa shape index (κ3) is 9.65. The summed E-state index contributed by atoms with van der Waals surface area (Å²) in [6.07, 6.45) is 0.654. The molecular weight excluding hydrogens is 368 g/mol. The number of amides is 3. The van der Waals surface area contributed by atoms with E-state index in [0.29, 0.717) is 6.42 Å². The molecule has 0 aliphatic rings. The molecule has 0 spiro atoms. The Kier molecular flexibility index (Phi) is 11.3. The number of rotatable bonds is 12. The van der Waals surface area contributed by atoms with Gasteiger partial charge in [-0.25, -0.2) is 4.79 Å². The molecule has 4 atom stereocenters. The summed E-state index contributed by atoms with van der Waals surface area (Å²) in [5, 5.41) is 25.6. The van der Waals surface area contributed by atoms with Gasteiger partial charge in [0.05, 0.1) is 12.6 Å². The van der Waals surface area contributed by atoms with Crippen molar-refractivity contribution >= 4 is 23.7 Å². The van der Waals surface area contributed by atoms with Crippen molar-refractivity contribution < 1.29 is 29.4 Å². The molecule has 0 saturated carbocycles. The zero-order valence-electron chi connectivity index (χ0n) is 17.2. The number of aliphatic carboxylic acids is 1. The van der Waals surface area contributed by atoms with Crippen LogP contribution in [0.2, 0.25) is 0 Å². The van der Waals surface area contributed by atoms with Crippen LogP contribution >= 0.6 is 0 Å². The molecule has 10 nitrogen and oxygen atoms in total. The normalized spacial score (nSPS) is 15.5. The first-order chi connectivity index (χ1) is 12.9. The van der Waals surface area contributed by atoms with Gasteiger partial charge in [0.25, 0.3) is 0 Å². The molecule has 0 aromatic rings. The summed E-state index contributed by atoms with van der Waals surface area (Å²) in [6, 6.07) is -4.23. The summed E-state index contributed by atoms with van der Waals surface area (Å²) in [6.45, 7) is 8.14. The highest BCUT2D eigenvalue weighted by Crippen LogP contribution is 2.06. The van der Waals surface area contributed by atoms with Crippen molar-refractivity contribution in [2.75, 3.05) is 6.61 Å². The van der Waals surface area contributed by atoms with Crippen LogP contribution in [0.3, 0.4) is 0 Å². The third-order valence-corrected chi connectivity index (χ3v) is 3.95. The molecule has 7 N–H and O–H groups in total. The van der Waals surface area contributed by atoms with Crippen molar-refractivity contribution in [2.24, 2.45) is 17.6 Å². The fourth-order valence-corrected chi connectivity index (χ4v) is 2.46. The maximum atomic E-state index is 12.2. The van der Waals surface area contributed by atoms with E-state index in [1.165, 1.54) is 6.92 Å². The first-order valence-electron chi connectivity index (χ1n) is 9.39. The number of hydrogen-bond donors (Lipinski definition) is 6. The summed E-state index contributed by atoms with van der Waals surface area (Å²) in [5.41, 5.74) is 5.76. The number of aliphatic hydroxyl groups excluding tert-OH is 1.